The van der Waals surface area contributed by atoms with Crippen molar-refractivity contribution >= 4 is 120 Å². The minimum absolute atomic E-state index is 0.0282. The molecule has 2 aliphatic heterocycles. The minimum atomic E-state index is -0.230. The fourth-order valence-corrected chi connectivity index (χ4v) is 13.9. The molecule has 0 saturated carbocycles. The number of anilines is 5. The van der Waals surface area contributed by atoms with Crippen LogP contribution in [0, 0.1) is 6.92 Å². The Labute approximate surface area is 377 Å². The van der Waals surface area contributed by atoms with Crippen LogP contribution in [-0.2, 0) is 16.2 Å². The zero-order valence-electron chi connectivity index (χ0n) is 37.2. The molecular formula is C57H49BN2OS2. The van der Waals surface area contributed by atoms with Crippen LogP contribution in [0.3, 0.4) is 0 Å². The zero-order chi connectivity index (χ0) is 42.9. The molecule has 6 heteroatoms. The highest BCUT2D eigenvalue weighted by Crippen LogP contribution is 2.57. The van der Waals surface area contributed by atoms with Gasteiger partial charge in [0.15, 0.2) is 0 Å². The molecule has 308 valence electrons. The Bertz CT molecular complexity index is 3600. The lowest BCUT2D eigenvalue weighted by Gasteiger charge is -2.46. The average molecular weight is 853 g/mol. The molecule has 0 unspecified atom stereocenters. The van der Waals surface area contributed by atoms with Gasteiger partial charge in [-0.2, -0.15) is 0 Å². The van der Waals surface area contributed by atoms with Gasteiger partial charge in [-0.15, -0.1) is 22.7 Å². The molecule has 13 rings (SSSR count). The predicted octanol–water partition coefficient (Wildman–Crippen LogP) is 15.8. The first kappa shape index (κ1) is 37.7. The Morgan fingerprint density at radius 3 is 1.98 bits per heavy atom. The number of hydrogen-bond donors (Lipinski definition) is 0. The van der Waals surface area contributed by atoms with Crippen molar-refractivity contribution in [2.45, 2.75) is 84.5 Å². The van der Waals surface area contributed by atoms with E-state index in [1.165, 1.54) is 103 Å². The van der Waals surface area contributed by atoms with Crippen molar-refractivity contribution in [3.8, 4) is 11.1 Å². The summed E-state index contributed by atoms with van der Waals surface area (Å²) in [6, 6.07) is 48.6. The predicted molar refractivity (Wildman–Crippen MR) is 274 cm³/mol. The highest BCUT2D eigenvalue weighted by Gasteiger charge is 2.50. The van der Waals surface area contributed by atoms with Gasteiger partial charge in [0.2, 0.25) is 0 Å². The first-order chi connectivity index (χ1) is 30.3. The van der Waals surface area contributed by atoms with E-state index in [4.69, 9.17) is 4.42 Å². The molecule has 0 spiro atoms. The lowest BCUT2D eigenvalue weighted by atomic mass is 9.45. The SMILES string of the molecule is Cc1cc2c(cc1N1c3cc4c(sc5ccccc54)c4c3B(c3oc5ccccc5c31)N(c1ccc(C(C)(C)C)cc1)c1ccc3sc5ccccc5c3c1-4)C(C)(C)CCC2(C)C. The largest absolute Gasteiger partial charge is 0.466 e. The van der Waals surface area contributed by atoms with Gasteiger partial charge in [-0.3, -0.25) is 0 Å². The van der Waals surface area contributed by atoms with Crippen LogP contribution in [0.4, 0.5) is 28.4 Å². The van der Waals surface area contributed by atoms with E-state index in [9.17, 15) is 0 Å². The number of aryl methyl sites for hydroxylation is 1. The smallest absolute Gasteiger partial charge is 0.376 e. The number of hydrogen-bond acceptors (Lipinski definition) is 5. The van der Waals surface area contributed by atoms with Gasteiger partial charge in [0.05, 0.1) is 5.69 Å². The lowest BCUT2D eigenvalue weighted by molar-refractivity contribution is 0.332. The van der Waals surface area contributed by atoms with Crippen molar-refractivity contribution in [3.05, 3.63) is 150 Å². The van der Waals surface area contributed by atoms with Crippen molar-refractivity contribution in [3.63, 3.8) is 0 Å². The van der Waals surface area contributed by atoms with Crippen LogP contribution >= 0.6 is 22.7 Å². The Morgan fingerprint density at radius 1 is 0.603 bits per heavy atom. The van der Waals surface area contributed by atoms with Crippen molar-refractivity contribution < 1.29 is 4.42 Å². The van der Waals surface area contributed by atoms with E-state index < -0.39 is 0 Å². The summed E-state index contributed by atoms with van der Waals surface area (Å²) in [6.07, 6.45) is 2.34. The standard InChI is InChI=1S/C57H49BN2OS2/c1-32-29-39-40(57(7,8)28-27-56(39,5)6)31-42(32)59-43-30-38-35-15-10-13-19-45(35)63-53(38)50-49-41(25-26-47-48(49)37-17-11-14-20-46(37)62-47)60(34-23-21-33(22-24-34)55(2,3)4)58(51(43)50)54-52(59)36-16-9-12-18-44(36)61-54/h9-26,29-31H,27-28H2,1-8H3. The van der Waals surface area contributed by atoms with Gasteiger partial charge in [0.25, 0.3) is 0 Å². The summed E-state index contributed by atoms with van der Waals surface area (Å²) >= 11 is 3.85. The molecule has 5 heterocycles. The number of thiophene rings is 2. The summed E-state index contributed by atoms with van der Waals surface area (Å²) in [6.45, 7) is 18.8. The molecular weight excluding hydrogens is 804 g/mol. The van der Waals surface area contributed by atoms with Crippen LogP contribution < -0.4 is 20.8 Å². The molecule has 7 aromatic carbocycles. The van der Waals surface area contributed by atoms with Crippen LogP contribution in [0.2, 0.25) is 0 Å². The Morgan fingerprint density at radius 2 is 1.25 bits per heavy atom. The normalized spacial score (nSPS) is 16.3. The van der Waals surface area contributed by atoms with Crippen molar-refractivity contribution in [1.82, 2.24) is 0 Å². The maximum absolute atomic E-state index is 7.40. The first-order valence-corrected chi connectivity index (χ1v) is 24.2. The van der Waals surface area contributed by atoms with Gasteiger partial charge in [-0.25, -0.2) is 0 Å². The van der Waals surface area contributed by atoms with Gasteiger partial charge in [-0.05, 0) is 124 Å². The minimum Gasteiger partial charge on any atom is -0.466 e. The van der Waals surface area contributed by atoms with E-state index in [2.05, 4.69) is 192 Å². The second-order valence-corrected chi connectivity index (χ2v) is 22.9. The number of nitrogens with zero attached hydrogens (tertiary/aromatic N) is 2. The van der Waals surface area contributed by atoms with E-state index in [0.29, 0.717) is 0 Å². The molecule has 0 radical (unpaired) electrons. The molecule has 0 amide bonds. The lowest BCUT2D eigenvalue weighted by Crippen LogP contribution is -2.61. The fraction of sp³-hybridized carbons (Fsp3) is 0.228. The number of para-hydroxylation sites is 1. The molecule has 10 aromatic rings. The quantitative estimate of drug-likeness (QED) is 0.162. The van der Waals surface area contributed by atoms with Crippen LogP contribution in [0.25, 0.3) is 62.4 Å². The maximum atomic E-state index is 7.40. The summed E-state index contributed by atoms with van der Waals surface area (Å²) in [5, 5.41) is 6.41. The third-order valence-electron chi connectivity index (χ3n) is 15.0. The summed E-state index contributed by atoms with van der Waals surface area (Å²) in [4.78, 5) is 5.26. The first-order valence-electron chi connectivity index (χ1n) is 22.6. The highest BCUT2D eigenvalue weighted by atomic mass is 32.1. The fourth-order valence-electron chi connectivity index (χ4n) is 11.5. The van der Waals surface area contributed by atoms with Gasteiger partial charge in [0, 0.05) is 79.6 Å². The van der Waals surface area contributed by atoms with Crippen LogP contribution in [0.15, 0.2) is 132 Å². The van der Waals surface area contributed by atoms with Crippen LogP contribution in [-0.4, -0.2) is 6.85 Å². The van der Waals surface area contributed by atoms with E-state index in [-0.39, 0.29) is 23.1 Å². The van der Waals surface area contributed by atoms with E-state index in [0.717, 1.165) is 34.4 Å². The topological polar surface area (TPSA) is 19.6 Å². The monoisotopic (exact) mass is 852 g/mol. The molecule has 1 aliphatic carbocycles. The number of rotatable bonds is 2. The van der Waals surface area contributed by atoms with E-state index >= 15 is 0 Å². The summed E-state index contributed by atoms with van der Waals surface area (Å²) < 4.78 is 12.7. The van der Waals surface area contributed by atoms with Crippen molar-refractivity contribution in [1.29, 1.82) is 0 Å². The van der Waals surface area contributed by atoms with Crippen molar-refractivity contribution in [2.24, 2.45) is 0 Å². The average Bonchev–Trinajstić information content (AvgIpc) is 3.97. The van der Waals surface area contributed by atoms with E-state index in [1.807, 2.05) is 22.7 Å². The summed E-state index contributed by atoms with van der Waals surface area (Å²) in [5.74, 6) is 0. The molecule has 0 saturated heterocycles. The second-order valence-electron chi connectivity index (χ2n) is 20.8. The number of benzene rings is 7. The van der Waals surface area contributed by atoms with Gasteiger partial charge >= 0.3 is 6.85 Å². The molecule has 63 heavy (non-hydrogen) atoms. The van der Waals surface area contributed by atoms with Gasteiger partial charge < -0.3 is 14.1 Å². The Kier molecular flexibility index (Phi) is 7.59. The third kappa shape index (κ3) is 5.14. The molecule has 0 N–H and O–H groups in total. The zero-order valence-corrected chi connectivity index (χ0v) is 38.9. The Hall–Kier alpha value is -5.82. The maximum Gasteiger partial charge on any atom is 0.376 e. The van der Waals surface area contributed by atoms with Gasteiger partial charge in [0.1, 0.15) is 11.2 Å². The third-order valence-corrected chi connectivity index (χ3v) is 17.3. The highest BCUT2D eigenvalue weighted by molar-refractivity contribution is 7.27. The molecule has 3 nitrogen and oxygen atoms in total. The number of fused-ring (bicyclic) bond motifs is 15. The molecule has 0 atom stereocenters. The summed E-state index contributed by atoms with van der Waals surface area (Å²) in [7, 11) is 0. The van der Waals surface area contributed by atoms with E-state index in [1.54, 1.807) is 0 Å². The molecule has 0 fully saturated rings. The molecule has 3 aromatic heterocycles. The van der Waals surface area contributed by atoms with Gasteiger partial charge in [-0.1, -0.05) is 115 Å². The number of furan rings is 1. The Balaban J connectivity index is 1.23. The molecule has 3 aliphatic rings. The van der Waals surface area contributed by atoms with Crippen LogP contribution in [0.1, 0.15) is 83.6 Å². The summed E-state index contributed by atoms with van der Waals surface area (Å²) in [5.41, 5.74) is 17.6. The van der Waals surface area contributed by atoms with Crippen molar-refractivity contribution in [2.75, 3.05) is 9.71 Å². The second kappa shape index (κ2) is 12.7. The molecule has 0 bridgehead atoms. The van der Waals surface area contributed by atoms with Crippen LogP contribution in [0.5, 0.6) is 0 Å².